The predicted octanol–water partition coefficient (Wildman–Crippen LogP) is 2.80. The number of rotatable bonds is 6. The molecule has 2 rings (SSSR count). The minimum absolute atomic E-state index is 0.183. The average Bonchev–Trinajstić information content (AvgIpc) is 2.98. The third kappa shape index (κ3) is 3.52. The van der Waals surface area contributed by atoms with Gasteiger partial charge in [-0.1, -0.05) is 12.1 Å². The van der Waals surface area contributed by atoms with Crippen molar-refractivity contribution in [2.24, 2.45) is 0 Å². The predicted molar refractivity (Wildman–Crippen MR) is 78.3 cm³/mol. The fourth-order valence-corrected chi connectivity index (χ4v) is 2.20. The Bertz CT molecular complexity index is 604. The van der Waals surface area contributed by atoms with Crippen LogP contribution in [-0.2, 0) is 11.3 Å². The molecular weight excluding hydrogens is 297 g/mol. The highest BCUT2D eigenvalue weighted by atomic mass is 35.5. The molecule has 0 aliphatic rings. The molecule has 0 atom stereocenters. The molecule has 7 heteroatoms. The summed E-state index contributed by atoms with van der Waals surface area (Å²) < 4.78 is 17.5. The third-order valence-electron chi connectivity index (χ3n) is 2.98. The van der Waals surface area contributed by atoms with Crippen molar-refractivity contribution in [3.05, 3.63) is 41.7 Å². The molecule has 0 aliphatic heterocycles. The molecule has 0 saturated heterocycles. The van der Waals surface area contributed by atoms with Crippen molar-refractivity contribution in [3.8, 4) is 5.75 Å². The Hall–Kier alpha value is -2.08. The third-order valence-corrected chi connectivity index (χ3v) is 3.21. The summed E-state index contributed by atoms with van der Waals surface area (Å²) in [4.78, 5) is 13.6. The molecular formula is C14H15ClFN3O2. The van der Waals surface area contributed by atoms with E-state index in [-0.39, 0.29) is 18.3 Å². The number of nitrogens with zero attached hydrogens (tertiary/aromatic N) is 2. The van der Waals surface area contributed by atoms with Gasteiger partial charge in [-0.2, -0.15) is 5.10 Å². The topological polar surface area (TPSA) is 58.2 Å². The molecule has 1 amide bonds. The lowest BCUT2D eigenvalue weighted by molar-refractivity contribution is -0.116. The van der Waals surface area contributed by atoms with E-state index in [0.717, 1.165) is 11.3 Å². The molecule has 1 heterocycles. The fourth-order valence-electron chi connectivity index (χ4n) is 2.06. The van der Waals surface area contributed by atoms with Crippen LogP contribution < -0.4 is 9.64 Å². The molecule has 112 valence electrons. The van der Waals surface area contributed by atoms with Crippen LogP contribution in [0.1, 0.15) is 11.3 Å². The number of amides is 1. The number of para-hydroxylation sites is 1. The van der Waals surface area contributed by atoms with Gasteiger partial charge in [-0.3, -0.25) is 9.89 Å². The van der Waals surface area contributed by atoms with Gasteiger partial charge in [-0.05, 0) is 24.6 Å². The molecule has 21 heavy (non-hydrogen) atoms. The molecule has 0 fully saturated rings. The first-order valence-electron chi connectivity index (χ1n) is 6.30. The normalized spacial score (nSPS) is 10.4. The van der Waals surface area contributed by atoms with Crippen molar-refractivity contribution >= 4 is 23.2 Å². The summed E-state index contributed by atoms with van der Waals surface area (Å²) in [5.41, 5.74) is 2.04. The smallest absolute Gasteiger partial charge is 0.242 e. The van der Waals surface area contributed by atoms with E-state index in [2.05, 4.69) is 10.2 Å². The van der Waals surface area contributed by atoms with Crippen LogP contribution in [0, 0.1) is 6.92 Å². The molecule has 1 aromatic heterocycles. The van der Waals surface area contributed by atoms with E-state index in [1.807, 2.05) is 13.0 Å². The second kappa shape index (κ2) is 7.08. The van der Waals surface area contributed by atoms with E-state index in [4.69, 9.17) is 16.3 Å². The van der Waals surface area contributed by atoms with E-state index < -0.39 is 6.86 Å². The zero-order chi connectivity index (χ0) is 15.2. The van der Waals surface area contributed by atoms with Crippen molar-refractivity contribution in [1.29, 1.82) is 0 Å². The van der Waals surface area contributed by atoms with Crippen LogP contribution in [0.3, 0.4) is 0 Å². The number of aromatic nitrogens is 2. The number of alkyl halides is 2. The number of hydrogen-bond acceptors (Lipinski definition) is 3. The van der Waals surface area contributed by atoms with Gasteiger partial charge in [0.05, 0.1) is 17.9 Å². The quantitative estimate of drug-likeness (QED) is 0.835. The highest BCUT2D eigenvalue weighted by Gasteiger charge is 2.21. The van der Waals surface area contributed by atoms with Gasteiger partial charge in [0.1, 0.15) is 11.6 Å². The van der Waals surface area contributed by atoms with Gasteiger partial charge in [0.15, 0.2) is 0 Å². The summed E-state index contributed by atoms with van der Waals surface area (Å²) in [7, 11) is 0. The largest absolute Gasteiger partial charge is 0.461 e. The summed E-state index contributed by atoms with van der Waals surface area (Å²) in [6, 6.07) is 6.93. The second-order valence-corrected chi connectivity index (χ2v) is 4.64. The van der Waals surface area contributed by atoms with Crippen molar-refractivity contribution in [2.75, 3.05) is 17.6 Å². The highest BCUT2D eigenvalue weighted by molar-refractivity contribution is 6.29. The Morgan fingerprint density at radius 2 is 2.29 bits per heavy atom. The first-order valence-corrected chi connectivity index (χ1v) is 6.83. The van der Waals surface area contributed by atoms with Crippen molar-refractivity contribution < 1.29 is 13.9 Å². The Labute approximate surface area is 126 Å². The fraction of sp³-hybridized carbons (Fsp3) is 0.286. The lowest BCUT2D eigenvalue weighted by Crippen LogP contribution is -2.32. The van der Waals surface area contributed by atoms with Gasteiger partial charge in [0.25, 0.3) is 0 Å². The van der Waals surface area contributed by atoms with Gasteiger partial charge in [0, 0.05) is 6.20 Å². The molecule has 0 saturated carbocycles. The van der Waals surface area contributed by atoms with E-state index in [0.29, 0.717) is 11.4 Å². The molecule has 1 aromatic carbocycles. The van der Waals surface area contributed by atoms with Crippen LogP contribution >= 0.6 is 11.6 Å². The maximum absolute atomic E-state index is 12.5. The van der Waals surface area contributed by atoms with Crippen LogP contribution in [0.15, 0.2) is 30.5 Å². The van der Waals surface area contributed by atoms with E-state index in [9.17, 15) is 9.18 Å². The summed E-state index contributed by atoms with van der Waals surface area (Å²) in [6.45, 7) is 1.10. The molecule has 1 N–H and O–H groups in total. The monoisotopic (exact) mass is 311 g/mol. The second-order valence-electron chi connectivity index (χ2n) is 4.37. The first kappa shape index (κ1) is 15.3. The average molecular weight is 312 g/mol. The Kier molecular flexibility index (Phi) is 5.16. The summed E-state index contributed by atoms with van der Waals surface area (Å²) in [6.07, 6.45) is 1.59. The maximum atomic E-state index is 12.5. The number of hydrogen-bond donors (Lipinski definition) is 1. The zero-order valence-corrected chi connectivity index (χ0v) is 12.2. The van der Waals surface area contributed by atoms with Gasteiger partial charge < -0.3 is 9.64 Å². The number of carbonyl (C=O) groups is 1. The van der Waals surface area contributed by atoms with Crippen LogP contribution in [0.25, 0.3) is 0 Å². The van der Waals surface area contributed by atoms with Gasteiger partial charge in [0.2, 0.25) is 12.8 Å². The number of aryl methyl sites for hydroxylation is 1. The summed E-state index contributed by atoms with van der Waals surface area (Å²) >= 11 is 5.69. The van der Waals surface area contributed by atoms with Gasteiger partial charge in [-0.15, -0.1) is 11.6 Å². The Balaban J connectivity index is 2.43. The summed E-state index contributed by atoms with van der Waals surface area (Å²) in [5.74, 6) is -0.183. The zero-order valence-electron chi connectivity index (χ0n) is 11.5. The molecule has 0 bridgehead atoms. The Morgan fingerprint density at radius 1 is 1.48 bits per heavy atom. The minimum atomic E-state index is -0.969. The van der Waals surface area contributed by atoms with Crippen LogP contribution in [-0.4, -0.2) is 28.8 Å². The molecule has 0 radical (unpaired) electrons. The van der Waals surface area contributed by atoms with E-state index >= 15 is 0 Å². The van der Waals surface area contributed by atoms with Crippen LogP contribution in [0.5, 0.6) is 5.75 Å². The molecule has 0 aliphatic carbocycles. The number of benzene rings is 1. The van der Waals surface area contributed by atoms with E-state index in [1.165, 1.54) is 4.90 Å². The van der Waals surface area contributed by atoms with Crippen molar-refractivity contribution in [3.63, 3.8) is 0 Å². The SMILES string of the molecule is Cc1cccc(OCF)c1N(Cc1ccn[nH]1)C(=O)CCl. The number of ether oxygens (including phenoxy) is 1. The number of H-pyrrole nitrogens is 1. The molecule has 5 nitrogen and oxygen atoms in total. The van der Waals surface area contributed by atoms with Gasteiger partial charge >= 0.3 is 0 Å². The van der Waals surface area contributed by atoms with Gasteiger partial charge in [-0.25, -0.2) is 4.39 Å². The molecule has 0 unspecified atom stereocenters. The number of carbonyl (C=O) groups excluding carboxylic acids is 1. The van der Waals surface area contributed by atoms with Crippen molar-refractivity contribution in [1.82, 2.24) is 10.2 Å². The minimum Gasteiger partial charge on any atom is -0.461 e. The molecule has 0 spiro atoms. The number of nitrogens with one attached hydrogen (secondary N) is 1. The lowest BCUT2D eigenvalue weighted by Gasteiger charge is -2.25. The molecule has 2 aromatic rings. The number of halogens is 2. The number of aromatic amines is 1. The van der Waals surface area contributed by atoms with E-state index in [1.54, 1.807) is 24.4 Å². The Morgan fingerprint density at radius 3 is 2.90 bits per heavy atom. The van der Waals surface area contributed by atoms with Crippen molar-refractivity contribution in [2.45, 2.75) is 13.5 Å². The van der Waals surface area contributed by atoms with Crippen LogP contribution in [0.2, 0.25) is 0 Å². The van der Waals surface area contributed by atoms with Crippen LogP contribution in [0.4, 0.5) is 10.1 Å². The highest BCUT2D eigenvalue weighted by Crippen LogP contribution is 2.33. The standard InChI is InChI=1S/C14H15ClFN3O2/c1-10-3-2-4-12(21-9-16)14(10)19(13(20)7-15)8-11-5-6-17-18-11/h2-6H,7-9H2,1H3,(H,17,18). The first-order chi connectivity index (χ1) is 10.2. The summed E-state index contributed by atoms with van der Waals surface area (Å²) in [5, 5.41) is 6.63. The lowest BCUT2D eigenvalue weighted by atomic mass is 10.1. The number of anilines is 1. The maximum Gasteiger partial charge on any atom is 0.242 e.